The molecule has 0 radical (unpaired) electrons. The third-order valence-electron chi connectivity index (χ3n) is 7.60. The lowest BCUT2D eigenvalue weighted by molar-refractivity contribution is -0.138. The first-order valence-electron chi connectivity index (χ1n) is 13.4. The molecule has 2 aromatic carbocycles. The third-order valence-corrected chi connectivity index (χ3v) is 7.60. The van der Waals surface area contributed by atoms with Gasteiger partial charge in [0.1, 0.15) is 29.6 Å². The van der Waals surface area contributed by atoms with E-state index in [2.05, 4.69) is 15.3 Å². The molecule has 0 atom stereocenters. The van der Waals surface area contributed by atoms with Crippen molar-refractivity contribution < 1.29 is 28.2 Å². The van der Waals surface area contributed by atoms with E-state index < -0.39 is 17.6 Å². The van der Waals surface area contributed by atoms with Crippen molar-refractivity contribution in [3.63, 3.8) is 0 Å². The smallest absolute Gasteiger partial charge is 0.303 e. The first kappa shape index (κ1) is 27.3. The fraction of sp³-hybridized carbons (Fsp3) is 0.379. The summed E-state index contributed by atoms with van der Waals surface area (Å²) in [6.07, 6.45) is 4.19. The Labute approximate surface area is 230 Å². The molecule has 1 saturated carbocycles. The predicted molar refractivity (Wildman–Crippen MR) is 146 cm³/mol. The highest BCUT2D eigenvalue weighted by Crippen LogP contribution is 2.38. The van der Waals surface area contributed by atoms with Crippen LogP contribution in [0.2, 0.25) is 0 Å². The number of carbonyl (C=O) groups is 2. The average molecular weight is 552 g/mol. The first-order valence-corrected chi connectivity index (χ1v) is 13.4. The van der Waals surface area contributed by atoms with Gasteiger partial charge in [0.15, 0.2) is 0 Å². The van der Waals surface area contributed by atoms with Crippen LogP contribution in [0.15, 0.2) is 42.5 Å². The topological polar surface area (TPSA) is 131 Å². The zero-order valence-corrected chi connectivity index (χ0v) is 21.9. The summed E-state index contributed by atoms with van der Waals surface area (Å²) in [5.41, 5.74) is 8.47. The van der Waals surface area contributed by atoms with Gasteiger partial charge in [0, 0.05) is 24.7 Å². The van der Waals surface area contributed by atoms with Crippen LogP contribution < -0.4 is 20.7 Å². The number of carbonyl (C=O) groups excluding carboxylic acids is 1. The van der Waals surface area contributed by atoms with Crippen molar-refractivity contribution in [1.29, 1.82) is 0 Å². The van der Waals surface area contributed by atoms with Crippen LogP contribution in [0.5, 0.6) is 5.88 Å². The van der Waals surface area contributed by atoms with Gasteiger partial charge in [-0.1, -0.05) is 18.2 Å². The number of carboxylic acids is 1. The molecule has 5 rings (SSSR count). The SMILES string of the molecule is Nc1nc(NCCc2ccc(F)cc2F)nc2c1C(=O)N(c1ccc([C@H]3CC[C@H](CC(=O)O)CC3)cc1)CCO2. The molecule has 210 valence electrons. The Morgan fingerprint density at radius 3 is 2.55 bits per heavy atom. The molecule has 2 aliphatic rings. The van der Waals surface area contributed by atoms with Crippen LogP contribution in [0.4, 0.5) is 26.2 Å². The van der Waals surface area contributed by atoms with E-state index in [1.165, 1.54) is 17.7 Å². The van der Waals surface area contributed by atoms with E-state index in [0.717, 1.165) is 31.7 Å². The van der Waals surface area contributed by atoms with Crippen LogP contribution in [-0.4, -0.2) is 46.6 Å². The molecule has 0 saturated heterocycles. The Morgan fingerprint density at radius 1 is 1.10 bits per heavy atom. The minimum atomic E-state index is -0.738. The summed E-state index contributed by atoms with van der Waals surface area (Å²) in [7, 11) is 0. The number of anilines is 3. The lowest BCUT2D eigenvalue weighted by Gasteiger charge is -2.28. The second kappa shape index (κ2) is 11.8. The number of rotatable bonds is 8. The van der Waals surface area contributed by atoms with Gasteiger partial charge >= 0.3 is 5.97 Å². The van der Waals surface area contributed by atoms with E-state index in [9.17, 15) is 18.4 Å². The summed E-state index contributed by atoms with van der Waals surface area (Å²) in [5.74, 6) is -1.58. The highest BCUT2D eigenvalue weighted by Gasteiger charge is 2.30. The van der Waals surface area contributed by atoms with Crippen LogP contribution in [0.1, 0.15) is 59.5 Å². The minimum Gasteiger partial charge on any atom is -0.481 e. The van der Waals surface area contributed by atoms with Crippen LogP contribution in [0.25, 0.3) is 0 Å². The Hall–Kier alpha value is -4.28. The number of carboxylic acid groups (broad SMARTS) is 1. The van der Waals surface area contributed by atoms with E-state index in [1.807, 2.05) is 24.3 Å². The quantitative estimate of drug-likeness (QED) is 0.365. The second-order valence-electron chi connectivity index (χ2n) is 10.2. The number of nitrogens with zero attached hydrogens (tertiary/aromatic N) is 3. The van der Waals surface area contributed by atoms with Gasteiger partial charge in [0.25, 0.3) is 5.91 Å². The maximum atomic E-state index is 13.9. The maximum absolute atomic E-state index is 13.9. The number of aromatic nitrogens is 2. The molecule has 3 aromatic rings. The number of ether oxygens (including phenoxy) is 1. The molecule has 0 unspecified atom stereocenters. The van der Waals surface area contributed by atoms with Crippen molar-refractivity contribution in [2.45, 2.75) is 44.4 Å². The number of nitrogens with one attached hydrogen (secondary N) is 1. The lowest BCUT2D eigenvalue weighted by atomic mass is 9.77. The number of aliphatic carboxylic acids is 1. The summed E-state index contributed by atoms with van der Waals surface area (Å²) in [5, 5.41) is 12.0. The Kier molecular flexibility index (Phi) is 8.09. The number of hydrogen-bond acceptors (Lipinski definition) is 7. The predicted octanol–water partition coefficient (Wildman–Crippen LogP) is 4.78. The van der Waals surface area contributed by atoms with Crippen LogP contribution in [0.3, 0.4) is 0 Å². The Morgan fingerprint density at radius 2 is 1.85 bits per heavy atom. The molecular formula is C29H31F2N5O4. The summed E-state index contributed by atoms with van der Waals surface area (Å²) in [6, 6.07) is 11.3. The van der Waals surface area contributed by atoms with Crippen molar-refractivity contribution >= 4 is 29.3 Å². The van der Waals surface area contributed by atoms with E-state index in [1.54, 1.807) is 4.90 Å². The molecule has 0 spiro atoms. The first-order chi connectivity index (χ1) is 19.3. The second-order valence-corrected chi connectivity index (χ2v) is 10.2. The molecule has 2 heterocycles. The van der Waals surface area contributed by atoms with Gasteiger partial charge in [-0.05, 0) is 73.3 Å². The fourth-order valence-electron chi connectivity index (χ4n) is 5.46. The van der Waals surface area contributed by atoms with Crippen molar-refractivity contribution in [3.8, 4) is 5.88 Å². The van der Waals surface area contributed by atoms with Gasteiger partial charge < -0.3 is 25.8 Å². The fourth-order valence-corrected chi connectivity index (χ4v) is 5.46. The highest BCUT2D eigenvalue weighted by atomic mass is 19.1. The Bertz CT molecular complexity index is 1390. The molecule has 0 bridgehead atoms. The zero-order valence-electron chi connectivity index (χ0n) is 21.9. The molecule has 11 heteroatoms. The number of hydrogen-bond donors (Lipinski definition) is 3. The molecule has 4 N–H and O–H groups in total. The summed E-state index contributed by atoms with van der Waals surface area (Å²) < 4.78 is 32.8. The van der Waals surface area contributed by atoms with Crippen LogP contribution in [-0.2, 0) is 11.2 Å². The number of nitrogen functional groups attached to an aromatic ring is 1. The van der Waals surface area contributed by atoms with Gasteiger partial charge in [0.05, 0.1) is 6.54 Å². The van der Waals surface area contributed by atoms with Crippen molar-refractivity contribution in [2.75, 3.05) is 35.6 Å². The number of fused-ring (bicyclic) bond motifs is 1. The van der Waals surface area contributed by atoms with Crippen molar-refractivity contribution in [2.24, 2.45) is 5.92 Å². The lowest BCUT2D eigenvalue weighted by Crippen LogP contribution is -2.32. The monoisotopic (exact) mass is 551 g/mol. The van der Waals surface area contributed by atoms with Crippen LogP contribution >= 0.6 is 0 Å². The molecule has 1 aliphatic heterocycles. The van der Waals surface area contributed by atoms with Gasteiger partial charge in [0.2, 0.25) is 11.8 Å². The Balaban J connectivity index is 1.24. The number of benzene rings is 2. The van der Waals surface area contributed by atoms with Gasteiger partial charge in [-0.3, -0.25) is 9.59 Å². The standard InChI is InChI=1S/C29H31F2N5O4/c30-21-8-5-20(23(31)16-21)11-12-33-29-34-26(32)25-27(35-29)40-14-13-36(28(25)39)22-9-6-19(7-10-22)18-3-1-17(2-4-18)15-24(37)38/h5-10,16-18H,1-4,11-15H2,(H,37,38)(H3,32,33,34,35)/t17-,18-. The molecule has 9 nitrogen and oxygen atoms in total. The van der Waals surface area contributed by atoms with E-state index in [0.29, 0.717) is 23.7 Å². The largest absolute Gasteiger partial charge is 0.481 e. The maximum Gasteiger partial charge on any atom is 0.303 e. The van der Waals surface area contributed by atoms with Crippen molar-refractivity contribution in [1.82, 2.24) is 9.97 Å². The average Bonchev–Trinajstić information content (AvgIpc) is 3.09. The molecular weight excluding hydrogens is 520 g/mol. The van der Waals surface area contributed by atoms with E-state index >= 15 is 0 Å². The number of nitrogens with two attached hydrogens (primary N) is 1. The third kappa shape index (κ3) is 6.13. The highest BCUT2D eigenvalue weighted by molar-refractivity contribution is 6.10. The van der Waals surface area contributed by atoms with E-state index in [-0.39, 0.29) is 61.0 Å². The number of amides is 1. The van der Waals surface area contributed by atoms with Gasteiger partial charge in [-0.15, -0.1) is 0 Å². The molecule has 1 fully saturated rings. The van der Waals surface area contributed by atoms with E-state index in [4.69, 9.17) is 15.6 Å². The molecule has 1 amide bonds. The number of halogens is 2. The normalized spacial score (nSPS) is 18.9. The summed E-state index contributed by atoms with van der Waals surface area (Å²) in [4.78, 5) is 34.6. The van der Waals surface area contributed by atoms with Gasteiger partial charge in [-0.2, -0.15) is 9.97 Å². The summed E-state index contributed by atoms with van der Waals surface area (Å²) >= 11 is 0. The molecule has 1 aromatic heterocycles. The van der Waals surface area contributed by atoms with Gasteiger partial charge in [-0.25, -0.2) is 8.78 Å². The minimum absolute atomic E-state index is 0.0351. The van der Waals surface area contributed by atoms with Crippen molar-refractivity contribution in [3.05, 3.63) is 70.8 Å². The zero-order chi connectivity index (χ0) is 28.2. The molecule has 1 aliphatic carbocycles. The van der Waals surface area contributed by atoms with Crippen LogP contribution in [0, 0.1) is 17.6 Å². The molecule has 40 heavy (non-hydrogen) atoms. The summed E-state index contributed by atoms with van der Waals surface area (Å²) in [6.45, 7) is 0.750.